The van der Waals surface area contributed by atoms with Crippen LogP contribution in [0.2, 0.25) is 0 Å². The van der Waals surface area contributed by atoms with E-state index in [9.17, 15) is 4.79 Å². The zero-order valence-electron chi connectivity index (χ0n) is 14.1. The van der Waals surface area contributed by atoms with E-state index in [2.05, 4.69) is 33.9 Å². The smallest absolute Gasteiger partial charge is 0.140 e. The van der Waals surface area contributed by atoms with Crippen LogP contribution in [0, 0.1) is 35.5 Å². The second-order valence-corrected chi connectivity index (χ2v) is 7.77. The van der Waals surface area contributed by atoms with Crippen molar-refractivity contribution >= 4 is 5.78 Å². The second-order valence-electron chi connectivity index (χ2n) is 7.77. The number of allylic oxidation sites excluding steroid dienone is 2. The standard InChI is InChI=1S/C20H32O/c1-6-7-8-17-15(5)9-10-16(13(2)3)18-11-14(4)12-19(17)20(18)21/h6,13,15-19H,1,4,7-12H2,2-3,5H3/t15-,16-,17+,18-,19-/m0/s1. The number of carbonyl (C=O) groups is 1. The molecule has 2 aliphatic carbocycles. The van der Waals surface area contributed by atoms with Crippen LogP contribution in [0.3, 0.4) is 0 Å². The van der Waals surface area contributed by atoms with Crippen LogP contribution in [0.1, 0.15) is 59.3 Å². The Kier molecular flexibility index (Phi) is 5.46. The van der Waals surface area contributed by atoms with Gasteiger partial charge in [-0.1, -0.05) is 45.4 Å². The molecule has 118 valence electrons. The first-order chi connectivity index (χ1) is 9.95. The molecule has 0 saturated heterocycles. The second kappa shape index (κ2) is 6.94. The summed E-state index contributed by atoms with van der Waals surface area (Å²) in [5.41, 5.74) is 1.31. The molecule has 0 N–H and O–H groups in total. The van der Waals surface area contributed by atoms with Crippen LogP contribution in [0.25, 0.3) is 0 Å². The molecule has 21 heavy (non-hydrogen) atoms. The zero-order valence-corrected chi connectivity index (χ0v) is 14.1. The van der Waals surface area contributed by atoms with Gasteiger partial charge in [0.25, 0.3) is 0 Å². The SMILES string of the molecule is C=CCC[C@H]1[C@@H]2CC(=C)C[C@H](C2=O)[C@H](C(C)C)CC[C@@H]1C. The Labute approximate surface area is 130 Å². The topological polar surface area (TPSA) is 17.1 Å². The Morgan fingerprint density at radius 3 is 2.52 bits per heavy atom. The Balaban J connectivity index is 2.29. The van der Waals surface area contributed by atoms with Gasteiger partial charge in [0.1, 0.15) is 5.78 Å². The van der Waals surface area contributed by atoms with E-state index in [1.807, 2.05) is 6.08 Å². The number of hydrogen-bond acceptors (Lipinski definition) is 1. The molecular formula is C20H32O. The zero-order chi connectivity index (χ0) is 15.6. The Bertz CT molecular complexity index is 406. The van der Waals surface area contributed by atoms with E-state index >= 15 is 0 Å². The molecule has 5 atom stereocenters. The average molecular weight is 288 g/mol. The monoisotopic (exact) mass is 288 g/mol. The van der Waals surface area contributed by atoms with Crippen molar-refractivity contribution < 1.29 is 4.79 Å². The van der Waals surface area contributed by atoms with Gasteiger partial charge in [0.2, 0.25) is 0 Å². The van der Waals surface area contributed by atoms with E-state index in [1.54, 1.807) is 0 Å². The molecule has 2 fully saturated rings. The molecule has 0 heterocycles. The average Bonchev–Trinajstić information content (AvgIpc) is 2.42. The van der Waals surface area contributed by atoms with E-state index in [1.165, 1.54) is 18.4 Å². The van der Waals surface area contributed by atoms with Crippen molar-refractivity contribution in [3.05, 3.63) is 24.8 Å². The van der Waals surface area contributed by atoms with Crippen LogP contribution in [0.15, 0.2) is 24.8 Å². The number of Topliss-reactive ketones (excluding diaryl/α,β-unsaturated/α-hetero) is 1. The van der Waals surface area contributed by atoms with Crippen molar-refractivity contribution in [2.24, 2.45) is 35.5 Å². The highest BCUT2D eigenvalue weighted by molar-refractivity contribution is 5.86. The van der Waals surface area contributed by atoms with Crippen LogP contribution in [-0.2, 0) is 4.79 Å². The van der Waals surface area contributed by atoms with E-state index in [4.69, 9.17) is 0 Å². The van der Waals surface area contributed by atoms with E-state index in [-0.39, 0.29) is 11.8 Å². The van der Waals surface area contributed by atoms with Crippen molar-refractivity contribution in [3.8, 4) is 0 Å². The van der Waals surface area contributed by atoms with E-state index < -0.39 is 0 Å². The molecular weight excluding hydrogens is 256 g/mol. The minimum atomic E-state index is 0.229. The van der Waals surface area contributed by atoms with Gasteiger partial charge in [-0.3, -0.25) is 4.79 Å². The first-order valence-corrected chi connectivity index (χ1v) is 8.77. The molecule has 0 aromatic carbocycles. The maximum atomic E-state index is 13.1. The van der Waals surface area contributed by atoms with Gasteiger partial charge in [-0.2, -0.15) is 0 Å². The van der Waals surface area contributed by atoms with Gasteiger partial charge in [-0.05, 0) is 55.8 Å². The van der Waals surface area contributed by atoms with E-state index in [0.717, 1.165) is 25.7 Å². The first kappa shape index (κ1) is 16.5. The van der Waals surface area contributed by atoms with Gasteiger partial charge in [0.05, 0.1) is 0 Å². The largest absolute Gasteiger partial charge is 0.299 e. The third-order valence-electron chi connectivity index (χ3n) is 6.03. The van der Waals surface area contributed by atoms with Gasteiger partial charge in [-0.15, -0.1) is 6.58 Å². The quantitative estimate of drug-likeness (QED) is 0.631. The summed E-state index contributed by atoms with van der Waals surface area (Å²) in [4.78, 5) is 13.1. The van der Waals surface area contributed by atoms with Crippen LogP contribution in [0.5, 0.6) is 0 Å². The van der Waals surface area contributed by atoms with Gasteiger partial charge < -0.3 is 0 Å². The lowest BCUT2D eigenvalue weighted by molar-refractivity contribution is -0.135. The Morgan fingerprint density at radius 2 is 1.90 bits per heavy atom. The molecule has 0 aromatic rings. The minimum Gasteiger partial charge on any atom is -0.299 e. The summed E-state index contributed by atoms with van der Waals surface area (Å²) in [5.74, 6) is 3.36. The predicted molar refractivity (Wildman–Crippen MR) is 90.0 cm³/mol. The summed E-state index contributed by atoms with van der Waals surface area (Å²) < 4.78 is 0. The van der Waals surface area contributed by atoms with Crippen molar-refractivity contribution in [2.75, 3.05) is 0 Å². The lowest BCUT2D eigenvalue weighted by atomic mass is 9.59. The van der Waals surface area contributed by atoms with Crippen LogP contribution in [-0.4, -0.2) is 5.78 Å². The lowest BCUT2D eigenvalue weighted by Gasteiger charge is -2.44. The van der Waals surface area contributed by atoms with E-state index in [0.29, 0.717) is 29.5 Å². The number of hydrogen-bond donors (Lipinski definition) is 0. The fourth-order valence-electron chi connectivity index (χ4n) is 4.77. The minimum absolute atomic E-state index is 0.229. The van der Waals surface area contributed by atoms with Gasteiger partial charge in [0, 0.05) is 11.8 Å². The highest BCUT2D eigenvalue weighted by Crippen LogP contribution is 2.47. The third kappa shape index (κ3) is 3.49. The molecule has 0 aromatic heterocycles. The van der Waals surface area contributed by atoms with Crippen LogP contribution >= 0.6 is 0 Å². The fraction of sp³-hybridized carbons (Fsp3) is 0.750. The highest BCUT2D eigenvalue weighted by atomic mass is 16.1. The summed E-state index contributed by atoms with van der Waals surface area (Å²) in [6.07, 6.45) is 8.52. The Morgan fingerprint density at radius 1 is 1.24 bits per heavy atom. The summed E-state index contributed by atoms with van der Waals surface area (Å²) in [6.45, 7) is 15.0. The molecule has 1 nitrogen and oxygen atoms in total. The molecule has 2 rings (SSSR count). The normalized spacial score (nSPS) is 37.2. The lowest BCUT2D eigenvalue weighted by Crippen LogP contribution is -2.43. The summed E-state index contributed by atoms with van der Waals surface area (Å²) in [6, 6.07) is 0. The maximum absolute atomic E-state index is 13.1. The highest BCUT2D eigenvalue weighted by Gasteiger charge is 2.44. The third-order valence-corrected chi connectivity index (χ3v) is 6.03. The molecule has 0 unspecified atom stereocenters. The molecule has 2 aliphatic rings. The molecule has 2 bridgehead atoms. The summed E-state index contributed by atoms with van der Waals surface area (Å²) in [7, 11) is 0. The molecule has 0 spiro atoms. The van der Waals surface area contributed by atoms with Gasteiger partial charge in [0.15, 0.2) is 0 Å². The predicted octanol–water partition coefficient (Wildman–Crippen LogP) is 5.42. The molecule has 1 heteroatoms. The van der Waals surface area contributed by atoms with Crippen molar-refractivity contribution in [1.82, 2.24) is 0 Å². The van der Waals surface area contributed by atoms with Gasteiger partial charge in [-0.25, -0.2) is 0 Å². The van der Waals surface area contributed by atoms with Crippen molar-refractivity contribution in [2.45, 2.75) is 59.3 Å². The summed E-state index contributed by atoms with van der Waals surface area (Å²) >= 11 is 0. The maximum Gasteiger partial charge on any atom is 0.140 e. The van der Waals surface area contributed by atoms with Crippen LogP contribution in [0.4, 0.5) is 0 Å². The number of rotatable bonds is 4. The van der Waals surface area contributed by atoms with Crippen molar-refractivity contribution in [3.63, 3.8) is 0 Å². The molecule has 2 saturated carbocycles. The van der Waals surface area contributed by atoms with Gasteiger partial charge >= 0.3 is 0 Å². The summed E-state index contributed by atoms with van der Waals surface area (Å²) in [5, 5.41) is 0. The van der Waals surface area contributed by atoms with Crippen LogP contribution < -0.4 is 0 Å². The number of fused-ring (bicyclic) bond motifs is 2. The fourth-order valence-corrected chi connectivity index (χ4v) is 4.77. The first-order valence-electron chi connectivity index (χ1n) is 8.77. The Hall–Kier alpha value is -0.850. The van der Waals surface area contributed by atoms with Crippen molar-refractivity contribution in [1.29, 1.82) is 0 Å². The molecule has 0 radical (unpaired) electrons. The molecule has 0 amide bonds. The number of ketones is 1. The number of carbonyl (C=O) groups excluding carboxylic acids is 1. The molecule has 0 aliphatic heterocycles.